The quantitative estimate of drug-likeness (QED) is 0.753. The Balaban J connectivity index is 2.66. The molecule has 0 amide bonds. The van der Waals surface area contributed by atoms with Crippen molar-refractivity contribution in [1.82, 2.24) is 14.8 Å². The zero-order valence-corrected chi connectivity index (χ0v) is 13.4. The van der Waals surface area contributed by atoms with Crippen LogP contribution in [0.2, 0.25) is 0 Å². The van der Waals surface area contributed by atoms with Gasteiger partial charge in [-0.1, -0.05) is 0 Å². The number of ether oxygens (including phenoxy) is 2. The van der Waals surface area contributed by atoms with Crippen molar-refractivity contribution >= 4 is 11.9 Å². The highest BCUT2D eigenvalue weighted by Gasteiger charge is 2.29. The predicted molar refractivity (Wildman–Crippen MR) is 81.8 cm³/mol. The number of methoxy groups -OCH3 is 2. The van der Waals surface area contributed by atoms with Gasteiger partial charge in [0, 0.05) is 31.1 Å². The Morgan fingerprint density at radius 3 is 2.62 bits per heavy atom. The topological polar surface area (TPSA) is 124 Å². The van der Waals surface area contributed by atoms with Crippen LogP contribution >= 0.6 is 0 Å². The van der Waals surface area contributed by atoms with Crippen LogP contribution in [-0.4, -0.2) is 46.0 Å². The van der Waals surface area contributed by atoms with Crippen molar-refractivity contribution < 1.29 is 24.2 Å². The van der Waals surface area contributed by atoms with E-state index in [0.29, 0.717) is 5.69 Å². The maximum absolute atomic E-state index is 12.3. The van der Waals surface area contributed by atoms with Crippen LogP contribution in [0.4, 0.5) is 0 Å². The van der Waals surface area contributed by atoms with Gasteiger partial charge < -0.3 is 19.6 Å². The van der Waals surface area contributed by atoms with Crippen LogP contribution in [0.5, 0.6) is 5.75 Å². The third-order valence-corrected chi connectivity index (χ3v) is 3.67. The van der Waals surface area contributed by atoms with Crippen molar-refractivity contribution in [3.8, 4) is 5.75 Å². The second-order valence-electron chi connectivity index (χ2n) is 5.00. The minimum Gasteiger partial charge on any atom is -0.506 e. The van der Waals surface area contributed by atoms with Gasteiger partial charge in [0.15, 0.2) is 0 Å². The average Bonchev–Trinajstić information content (AvgIpc) is 2.99. The average molecular weight is 335 g/mol. The van der Waals surface area contributed by atoms with E-state index in [1.807, 2.05) is 0 Å². The fraction of sp³-hybridized carbons (Fsp3) is 0.333. The molecular weight excluding hydrogens is 318 g/mol. The fourth-order valence-electron chi connectivity index (χ4n) is 2.46. The molecule has 2 aromatic heterocycles. The van der Waals surface area contributed by atoms with E-state index in [1.165, 1.54) is 18.0 Å². The van der Waals surface area contributed by atoms with E-state index in [0.717, 1.165) is 13.3 Å². The normalized spacial score (nSPS) is 11.8. The van der Waals surface area contributed by atoms with Crippen molar-refractivity contribution in [2.45, 2.75) is 12.3 Å². The van der Waals surface area contributed by atoms with Crippen LogP contribution in [0.1, 0.15) is 34.0 Å². The number of hydrogen-bond acceptors (Lipinski definition) is 7. The Labute approximate surface area is 136 Å². The molecule has 9 nitrogen and oxygen atoms in total. The van der Waals surface area contributed by atoms with Gasteiger partial charge in [0.05, 0.1) is 26.2 Å². The number of nitrogens with zero attached hydrogens (tertiary/aromatic N) is 2. The van der Waals surface area contributed by atoms with Crippen LogP contribution in [0.15, 0.2) is 23.3 Å². The predicted octanol–water partition coefficient (Wildman–Crippen LogP) is 0.296. The molecule has 24 heavy (non-hydrogen) atoms. The molecule has 0 aliphatic rings. The second kappa shape index (κ2) is 6.99. The SMILES string of the molecule is COC(=O)C[C@H](c1c(O)c(C(=O)OC)c[nH]c1=O)c1ccnn1C. The lowest BCUT2D eigenvalue weighted by atomic mass is 9.91. The summed E-state index contributed by atoms with van der Waals surface area (Å²) in [5.41, 5.74) is -0.463. The van der Waals surface area contributed by atoms with Gasteiger partial charge in [-0.3, -0.25) is 14.3 Å². The molecule has 2 aromatic rings. The third kappa shape index (κ3) is 3.14. The number of aromatic amines is 1. The Kier molecular flexibility index (Phi) is 5.02. The first-order valence-electron chi connectivity index (χ1n) is 6.98. The van der Waals surface area contributed by atoms with Crippen molar-refractivity contribution in [3.63, 3.8) is 0 Å². The van der Waals surface area contributed by atoms with E-state index < -0.39 is 29.2 Å². The van der Waals surface area contributed by atoms with E-state index in [4.69, 9.17) is 0 Å². The Morgan fingerprint density at radius 2 is 2.08 bits per heavy atom. The van der Waals surface area contributed by atoms with E-state index in [9.17, 15) is 19.5 Å². The van der Waals surface area contributed by atoms with Crippen molar-refractivity contribution in [3.05, 3.63) is 45.6 Å². The molecule has 0 bridgehead atoms. The highest BCUT2D eigenvalue weighted by atomic mass is 16.5. The maximum Gasteiger partial charge on any atom is 0.343 e. The minimum atomic E-state index is -0.849. The van der Waals surface area contributed by atoms with E-state index in [2.05, 4.69) is 19.6 Å². The number of nitrogens with one attached hydrogen (secondary N) is 1. The molecule has 9 heteroatoms. The number of H-pyrrole nitrogens is 1. The molecule has 0 fully saturated rings. The number of rotatable bonds is 5. The summed E-state index contributed by atoms with van der Waals surface area (Å²) in [5, 5.41) is 14.4. The number of pyridine rings is 1. The van der Waals surface area contributed by atoms with Crippen molar-refractivity contribution in [2.75, 3.05) is 14.2 Å². The van der Waals surface area contributed by atoms with E-state index >= 15 is 0 Å². The first-order chi connectivity index (χ1) is 11.4. The van der Waals surface area contributed by atoms with Crippen molar-refractivity contribution in [1.29, 1.82) is 0 Å². The lowest BCUT2D eigenvalue weighted by Crippen LogP contribution is -2.23. The molecule has 0 saturated heterocycles. The molecule has 0 saturated carbocycles. The molecule has 2 rings (SSSR count). The monoisotopic (exact) mass is 335 g/mol. The molecular formula is C15H17N3O6. The van der Waals surface area contributed by atoms with Gasteiger partial charge in [-0.15, -0.1) is 0 Å². The number of carbonyl (C=O) groups excluding carboxylic acids is 2. The molecule has 0 aliphatic carbocycles. The molecule has 1 atom stereocenters. The summed E-state index contributed by atoms with van der Waals surface area (Å²) >= 11 is 0. The number of hydrogen-bond donors (Lipinski definition) is 2. The lowest BCUT2D eigenvalue weighted by molar-refractivity contribution is -0.140. The second-order valence-corrected chi connectivity index (χ2v) is 5.00. The Morgan fingerprint density at radius 1 is 1.38 bits per heavy atom. The lowest BCUT2D eigenvalue weighted by Gasteiger charge is -2.18. The van der Waals surface area contributed by atoms with Gasteiger partial charge in [-0.25, -0.2) is 4.79 Å². The Bertz CT molecular complexity index is 823. The standard InChI is InChI=1S/C15H17N3O6/c1-18-10(4-5-17-18)8(6-11(19)23-2)12-13(20)9(15(22)24-3)7-16-14(12)21/h4-5,7-8H,6H2,1-3H3,(H2,16,20,21)/t8-/m0/s1. The van der Waals surface area contributed by atoms with E-state index in [1.54, 1.807) is 13.1 Å². The highest BCUT2D eigenvalue weighted by molar-refractivity contribution is 5.92. The highest BCUT2D eigenvalue weighted by Crippen LogP contribution is 2.33. The molecule has 0 spiro atoms. The molecule has 0 aliphatic heterocycles. The van der Waals surface area contributed by atoms with E-state index in [-0.39, 0.29) is 17.5 Å². The summed E-state index contributed by atoms with van der Waals surface area (Å²) in [4.78, 5) is 38.2. The zero-order chi connectivity index (χ0) is 17.9. The molecule has 128 valence electrons. The first kappa shape index (κ1) is 17.3. The number of aryl methyl sites for hydroxylation is 1. The summed E-state index contributed by atoms with van der Waals surface area (Å²) < 4.78 is 10.7. The number of aromatic nitrogens is 3. The number of aromatic hydroxyl groups is 1. The molecule has 0 aromatic carbocycles. The fourth-order valence-corrected chi connectivity index (χ4v) is 2.46. The molecule has 0 radical (unpaired) electrons. The van der Waals surface area contributed by atoms with Gasteiger partial charge in [0.25, 0.3) is 5.56 Å². The summed E-state index contributed by atoms with van der Waals surface area (Å²) in [7, 11) is 4.01. The van der Waals surface area contributed by atoms with Gasteiger partial charge in [0.2, 0.25) is 0 Å². The van der Waals surface area contributed by atoms with Crippen molar-refractivity contribution in [2.24, 2.45) is 7.05 Å². The van der Waals surface area contributed by atoms with Gasteiger partial charge in [-0.2, -0.15) is 5.10 Å². The van der Waals surface area contributed by atoms with Crippen LogP contribution < -0.4 is 5.56 Å². The molecule has 2 heterocycles. The van der Waals surface area contributed by atoms with Gasteiger partial charge >= 0.3 is 11.9 Å². The van der Waals surface area contributed by atoms with Crippen LogP contribution in [0.25, 0.3) is 0 Å². The van der Waals surface area contributed by atoms with Gasteiger partial charge in [-0.05, 0) is 6.07 Å². The Hall–Kier alpha value is -3.10. The summed E-state index contributed by atoms with van der Waals surface area (Å²) in [6, 6.07) is 1.61. The summed E-state index contributed by atoms with van der Waals surface area (Å²) in [6.07, 6.45) is 2.34. The zero-order valence-electron chi connectivity index (χ0n) is 13.4. The molecule has 2 N–H and O–H groups in total. The first-order valence-corrected chi connectivity index (χ1v) is 6.98. The molecule has 0 unspecified atom stereocenters. The minimum absolute atomic E-state index is 0.132. The van der Waals surface area contributed by atoms with Crippen LogP contribution in [-0.2, 0) is 21.3 Å². The third-order valence-electron chi connectivity index (χ3n) is 3.67. The largest absolute Gasteiger partial charge is 0.506 e. The van der Waals surface area contributed by atoms with Crippen LogP contribution in [0.3, 0.4) is 0 Å². The van der Waals surface area contributed by atoms with Gasteiger partial charge in [0.1, 0.15) is 11.3 Å². The number of esters is 2. The summed E-state index contributed by atoms with van der Waals surface area (Å²) in [6.45, 7) is 0. The maximum atomic E-state index is 12.3. The number of carbonyl (C=O) groups is 2. The summed E-state index contributed by atoms with van der Waals surface area (Å²) in [5.74, 6) is -2.78. The van der Waals surface area contributed by atoms with Crippen LogP contribution in [0, 0.1) is 0 Å². The smallest absolute Gasteiger partial charge is 0.343 e.